The van der Waals surface area contributed by atoms with Crippen LogP contribution in [0.1, 0.15) is 51.9 Å². The smallest absolute Gasteiger partial charge is 0.0621 e. The third-order valence-corrected chi connectivity index (χ3v) is 5.05. The molecule has 114 valence electrons. The van der Waals surface area contributed by atoms with Gasteiger partial charge in [-0.05, 0) is 50.4 Å². The van der Waals surface area contributed by atoms with Crippen LogP contribution in [0, 0.1) is 17.3 Å². The average molecular weight is 274 g/mol. The number of aliphatic hydroxyl groups is 4. The molecule has 1 aliphatic carbocycles. The van der Waals surface area contributed by atoms with Crippen molar-refractivity contribution in [3.63, 3.8) is 0 Å². The Balaban J connectivity index is 2.58. The van der Waals surface area contributed by atoms with E-state index in [1.54, 1.807) is 0 Å². The van der Waals surface area contributed by atoms with E-state index in [1.165, 1.54) is 0 Å². The highest BCUT2D eigenvalue weighted by Gasteiger charge is 2.41. The lowest BCUT2D eigenvalue weighted by Gasteiger charge is -2.43. The van der Waals surface area contributed by atoms with Crippen molar-refractivity contribution >= 4 is 0 Å². The van der Waals surface area contributed by atoms with Crippen molar-refractivity contribution in [2.75, 3.05) is 19.8 Å². The quantitative estimate of drug-likeness (QED) is 0.538. The standard InChI is InChI=1S/C15H30O4/c1-2-12(5-8-16)9-14(19)15(11-18)6-3-13(10-17)4-7-15/h12-14,16-19H,2-11H2,1H3. The molecule has 2 unspecified atom stereocenters. The van der Waals surface area contributed by atoms with Crippen LogP contribution >= 0.6 is 0 Å². The van der Waals surface area contributed by atoms with Crippen molar-refractivity contribution in [3.8, 4) is 0 Å². The van der Waals surface area contributed by atoms with Crippen LogP contribution < -0.4 is 0 Å². The van der Waals surface area contributed by atoms with Gasteiger partial charge in [0.15, 0.2) is 0 Å². The first-order chi connectivity index (χ1) is 9.11. The summed E-state index contributed by atoms with van der Waals surface area (Å²) in [6.45, 7) is 2.45. The summed E-state index contributed by atoms with van der Waals surface area (Å²) in [5.74, 6) is 0.644. The van der Waals surface area contributed by atoms with Gasteiger partial charge in [0.2, 0.25) is 0 Å². The molecule has 1 rings (SSSR count). The molecule has 0 spiro atoms. The molecule has 0 aromatic carbocycles. The van der Waals surface area contributed by atoms with Crippen molar-refractivity contribution in [1.82, 2.24) is 0 Å². The first-order valence-corrected chi connectivity index (χ1v) is 7.62. The van der Waals surface area contributed by atoms with Gasteiger partial charge in [0.1, 0.15) is 0 Å². The maximum Gasteiger partial charge on any atom is 0.0621 e. The van der Waals surface area contributed by atoms with Crippen LogP contribution in [-0.4, -0.2) is 46.4 Å². The fourth-order valence-electron chi connectivity index (χ4n) is 3.27. The molecule has 0 saturated heterocycles. The molecule has 1 fully saturated rings. The molecule has 4 N–H and O–H groups in total. The Kier molecular flexibility index (Phi) is 7.29. The predicted molar refractivity (Wildman–Crippen MR) is 74.7 cm³/mol. The van der Waals surface area contributed by atoms with Crippen LogP contribution in [0.3, 0.4) is 0 Å². The minimum atomic E-state index is -0.506. The molecule has 0 aromatic rings. The minimum absolute atomic E-state index is 0.0157. The Hall–Kier alpha value is -0.160. The minimum Gasteiger partial charge on any atom is -0.396 e. The van der Waals surface area contributed by atoms with E-state index in [0.717, 1.165) is 32.1 Å². The summed E-state index contributed by atoms with van der Waals surface area (Å²) in [7, 11) is 0. The van der Waals surface area contributed by atoms with Gasteiger partial charge in [0.05, 0.1) is 12.7 Å². The first kappa shape index (κ1) is 16.9. The lowest BCUT2D eigenvalue weighted by molar-refractivity contribution is -0.0659. The molecule has 0 heterocycles. The molecule has 0 aromatic heterocycles. The van der Waals surface area contributed by atoms with E-state index >= 15 is 0 Å². The van der Waals surface area contributed by atoms with Gasteiger partial charge in [0.25, 0.3) is 0 Å². The monoisotopic (exact) mass is 274 g/mol. The third kappa shape index (κ3) is 4.42. The largest absolute Gasteiger partial charge is 0.396 e. The van der Waals surface area contributed by atoms with Gasteiger partial charge >= 0.3 is 0 Å². The van der Waals surface area contributed by atoms with Crippen LogP contribution in [0.25, 0.3) is 0 Å². The van der Waals surface area contributed by atoms with Crippen LogP contribution in [-0.2, 0) is 0 Å². The van der Waals surface area contributed by atoms with E-state index in [2.05, 4.69) is 6.92 Å². The summed E-state index contributed by atoms with van der Waals surface area (Å²) in [6.07, 6.45) is 5.13. The summed E-state index contributed by atoms with van der Waals surface area (Å²) in [5, 5.41) is 38.4. The maximum atomic E-state index is 10.5. The zero-order chi connectivity index (χ0) is 14.3. The van der Waals surface area contributed by atoms with Crippen molar-refractivity contribution in [1.29, 1.82) is 0 Å². The summed E-state index contributed by atoms with van der Waals surface area (Å²) in [6, 6.07) is 0. The van der Waals surface area contributed by atoms with Gasteiger partial charge in [0, 0.05) is 18.6 Å². The lowest BCUT2D eigenvalue weighted by Crippen LogP contribution is -2.43. The second-order valence-corrected chi connectivity index (χ2v) is 6.18. The molecule has 0 aliphatic heterocycles. The molecule has 0 bridgehead atoms. The van der Waals surface area contributed by atoms with Crippen LogP contribution in [0.4, 0.5) is 0 Å². The molecule has 19 heavy (non-hydrogen) atoms. The highest BCUT2D eigenvalue weighted by atomic mass is 16.3. The van der Waals surface area contributed by atoms with Gasteiger partial charge in [-0.3, -0.25) is 0 Å². The van der Waals surface area contributed by atoms with Crippen molar-refractivity contribution in [2.45, 2.75) is 58.0 Å². The summed E-state index contributed by atoms with van der Waals surface area (Å²) < 4.78 is 0. The van der Waals surface area contributed by atoms with Crippen molar-refractivity contribution in [3.05, 3.63) is 0 Å². The summed E-state index contributed by atoms with van der Waals surface area (Å²) in [4.78, 5) is 0. The zero-order valence-corrected chi connectivity index (χ0v) is 12.1. The van der Waals surface area contributed by atoms with Crippen LogP contribution in [0.2, 0.25) is 0 Å². The molecular formula is C15H30O4. The fraction of sp³-hybridized carbons (Fsp3) is 1.00. The predicted octanol–water partition coefficient (Wildman–Crippen LogP) is 1.31. The molecule has 1 saturated carbocycles. The van der Waals surface area contributed by atoms with E-state index in [4.69, 9.17) is 5.11 Å². The fourth-order valence-corrected chi connectivity index (χ4v) is 3.27. The normalized spacial score (nSPS) is 31.1. The van der Waals surface area contributed by atoms with Crippen molar-refractivity contribution in [2.24, 2.45) is 17.3 Å². The topological polar surface area (TPSA) is 80.9 Å². The van der Waals surface area contributed by atoms with Crippen molar-refractivity contribution < 1.29 is 20.4 Å². The Morgan fingerprint density at radius 3 is 2.21 bits per heavy atom. The molecule has 0 amide bonds. The summed E-state index contributed by atoms with van der Waals surface area (Å²) in [5.41, 5.74) is -0.394. The van der Waals surface area contributed by atoms with Gasteiger partial charge in [-0.1, -0.05) is 13.3 Å². The molecule has 1 aliphatic rings. The average Bonchev–Trinajstić information content (AvgIpc) is 2.46. The maximum absolute atomic E-state index is 10.5. The van der Waals surface area contributed by atoms with E-state index in [1.807, 2.05) is 0 Å². The Bertz CT molecular complexity index is 236. The first-order valence-electron chi connectivity index (χ1n) is 7.62. The number of rotatable bonds is 8. The molecule has 4 heteroatoms. The lowest BCUT2D eigenvalue weighted by atomic mass is 9.66. The van der Waals surface area contributed by atoms with Crippen LogP contribution in [0.15, 0.2) is 0 Å². The zero-order valence-electron chi connectivity index (χ0n) is 12.1. The molecular weight excluding hydrogens is 244 g/mol. The molecule has 0 radical (unpaired) electrons. The molecule has 4 nitrogen and oxygen atoms in total. The second-order valence-electron chi connectivity index (χ2n) is 6.18. The van der Waals surface area contributed by atoms with E-state index in [0.29, 0.717) is 24.7 Å². The van der Waals surface area contributed by atoms with Gasteiger partial charge in [-0.25, -0.2) is 0 Å². The van der Waals surface area contributed by atoms with E-state index in [9.17, 15) is 15.3 Å². The van der Waals surface area contributed by atoms with E-state index in [-0.39, 0.29) is 19.8 Å². The summed E-state index contributed by atoms with van der Waals surface area (Å²) >= 11 is 0. The third-order valence-electron chi connectivity index (χ3n) is 5.05. The van der Waals surface area contributed by atoms with Crippen LogP contribution in [0.5, 0.6) is 0 Å². The SMILES string of the molecule is CCC(CCO)CC(O)C1(CO)CCC(CO)CC1. The highest BCUT2D eigenvalue weighted by molar-refractivity contribution is 4.91. The molecule has 2 atom stereocenters. The number of hydrogen-bond acceptors (Lipinski definition) is 4. The number of aliphatic hydroxyl groups excluding tert-OH is 4. The van der Waals surface area contributed by atoms with Gasteiger partial charge in [-0.2, -0.15) is 0 Å². The van der Waals surface area contributed by atoms with Gasteiger partial charge < -0.3 is 20.4 Å². The number of hydrogen-bond donors (Lipinski definition) is 4. The van der Waals surface area contributed by atoms with Gasteiger partial charge in [-0.15, -0.1) is 0 Å². The van der Waals surface area contributed by atoms with E-state index < -0.39 is 11.5 Å². The Morgan fingerprint density at radius 2 is 1.79 bits per heavy atom. The highest BCUT2D eigenvalue weighted by Crippen LogP contribution is 2.43. The Morgan fingerprint density at radius 1 is 1.16 bits per heavy atom. The Labute approximate surface area is 116 Å². The second kappa shape index (κ2) is 8.20.